The van der Waals surface area contributed by atoms with Gasteiger partial charge < -0.3 is 60.0 Å². The maximum absolute atomic E-state index is 15.5. The molecule has 6 aliphatic rings. The zero-order valence-electron chi connectivity index (χ0n) is 60.3. The number of hydrogen-bond acceptors (Lipinski definition) is 12. The van der Waals surface area contributed by atoms with Gasteiger partial charge in [-0.05, 0) is 126 Å². The highest BCUT2D eigenvalue weighted by Gasteiger charge is 2.49. The molecular weight excluding hydrogens is 1290 g/mol. The molecule has 6 rings (SSSR count). The van der Waals surface area contributed by atoms with Gasteiger partial charge in [-0.25, -0.2) is 0 Å². The maximum Gasteiger partial charge on any atom is 0.393 e. The number of carbonyl (C=O) groups is 12. The lowest BCUT2D eigenvalue weighted by Gasteiger charge is -2.41. The Morgan fingerprint density at radius 1 is 0.561 bits per heavy atom. The van der Waals surface area contributed by atoms with Crippen molar-refractivity contribution in [3.8, 4) is 0 Å². The van der Waals surface area contributed by atoms with Crippen LogP contribution in [0.2, 0.25) is 0 Å². The van der Waals surface area contributed by atoms with Crippen molar-refractivity contribution in [1.29, 1.82) is 0 Å². The van der Waals surface area contributed by atoms with Crippen LogP contribution in [0.15, 0.2) is 0 Å². The molecule has 24 nitrogen and oxygen atoms in total. The predicted octanol–water partition coefficient (Wildman–Crippen LogP) is 5.56. The fourth-order valence-electron chi connectivity index (χ4n) is 15.5. The van der Waals surface area contributed by atoms with Gasteiger partial charge in [0.25, 0.3) is 0 Å². The number of likely N-dealkylation sites (N-methyl/N-ethyl adjacent to an activating group) is 7. The monoisotopic (exact) mass is 1410 g/mol. The minimum atomic E-state index is -4.51. The van der Waals surface area contributed by atoms with Crippen LogP contribution in [-0.2, 0) is 57.5 Å². The van der Waals surface area contributed by atoms with Crippen LogP contribution in [0.4, 0.5) is 13.2 Å². The van der Waals surface area contributed by atoms with Gasteiger partial charge in [0.15, 0.2) is 0 Å². The zero-order chi connectivity index (χ0) is 72.6. The van der Waals surface area contributed by atoms with Crippen LogP contribution in [0, 0.1) is 35.5 Å². The predicted molar refractivity (Wildman–Crippen MR) is 363 cm³/mol. The first kappa shape index (κ1) is 80.7. The lowest BCUT2D eigenvalue weighted by Crippen LogP contribution is -2.61. The van der Waals surface area contributed by atoms with Gasteiger partial charge in [0.05, 0.1) is 32.0 Å². The molecule has 3 aliphatic carbocycles. The average molecular weight is 1410 g/mol. The van der Waals surface area contributed by atoms with Gasteiger partial charge in [-0.2, -0.15) is 13.2 Å². The summed E-state index contributed by atoms with van der Waals surface area (Å²) in [5.41, 5.74) is 0. The fourth-order valence-corrected chi connectivity index (χ4v) is 16.0. The molecule has 12 atom stereocenters. The van der Waals surface area contributed by atoms with Crippen LogP contribution >= 0.6 is 11.6 Å². The van der Waals surface area contributed by atoms with Crippen LogP contribution in [0.5, 0.6) is 0 Å². The van der Waals surface area contributed by atoms with Gasteiger partial charge in [-0.15, -0.1) is 11.6 Å². The molecule has 28 heteroatoms. The zero-order valence-corrected chi connectivity index (χ0v) is 61.1. The van der Waals surface area contributed by atoms with Crippen molar-refractivity contribution in [2.75, 3.05) is 88.6 Å². The summed E-state index contributed by atoms with van der Waals surface area (Å²) in [6.45, 7) is 7.99. The minimum Gasteiger partial charge on any atom is -0.343 e. The van der Waals surface area contributed by atoms with E-state index in [1.807, 2.05) is 20.8 Å². The van der Waals surface area contributed by atoms with Crippen LogP contribution in [0.3, 0.4) is 0 Å². The second-order valence-electron chi connectivity index (χ2n) is 29.7. The summed E-state index contributed by atoms with van der Waals surface area (Å²) in [4.78, 5) is 189. The van der Waals surface area contributed by atoms with E-state index >= 15 is 9.59 Å². The van der Waals surface area contributed by atoms with Gasteiger partial charge in [0.2, 0.25) is 70.9 Å². The molecule has 0 radical (unpaired) electrons. The molecule has 6 fully saturated rings. The molecule has 0 aromatic heterocycles. The SMILES string of the molecule is CC[C@H](C)[C@@H]1NC(=O)[C@H](CC(C)C)N(C)C(=O)C[C@@H](C(=O)N2CCCCC2)N(C)C(=O)[C@H](C2CCCCC2)N(C)C(=O)[C@H](C)NC(=O)[C@@H]2CCCN2C(=O)[C@H](CCC2CCC(C(F)(F)F)C(Cl)C2)NC(=O)CN(C)C(=O)[C@H](CC2CCCCC2)N(C)C(=O)CN(C)C(=O)CN(C)C1=O. The molecule has 554 valence electrons. The van der Waals surface area contributed by atoms with E-state index in [1.165, 1.54) is 80.8 Å². The van der Waals surface area contributed by atoms with Crippen molar-refractivity contribution >= 4 is 82.5 Å². The number of nitrogens with zero attached hydrogens (tertiary/aromatic N) is 9. The lowest BCUT2D eigenvalue weighted by atomic mass is 9.78. The summed E-state index contributed by atoms with van der Waals surface area (Å²) in [6, 6.07) is -9.82. The summed E-state index contributed by atoms with van der Waals surface area (Å²) in [5, 5.41) is 7.28. The minimum absolute atomic E-state index is 0.00105. The molecule has 3 saturated carbocycles. The van der Waals surface area contributed by atoms with Gasteiger partial charge in [0.1, 0.15) is 48.3 Å². The van der Waals surface area contributed by atoms with Crippen molar-refractivity contribution in [2.45, 2.75) is 249 Å². The molecule has 0 aromatic carbocycles. The van der Waals surface area contributed by atoms with E-state index in [0.29, 0.717) is 51.6 Å². The summed E-state index contributed by atoms with van der Waals surface area (Å²) >= 11 is 6.37. The molecule has 12 amide bonds. The van der Waals surface area contributed by atoms with E-state index in [2.05, 4.69) is 16.0 Å². The molecule has 3 unspecified atom stereocenters. The second-order valence-corrected chi connectivity index (χ2v) is 30.3. The number of piperidine rings is 1. The average Bonchev–Trinajstić information content (AvgIpc) is 0.972. The molecule has 0 spiro atoms. The number of nitrogens with one attached hydrogen (secondary N) is 3. The van der Waals surface area contributed by atoms with E-state index in [4.69, 9.17) is 11.6 Å². The lowest BCUT2D eigenvalue weighted by molar-refractivity contribution is -0.182. The Morgan fingerprint density at radius 3 is 1.76 bits per heavy atom. The number of likely N-dealkylation sites (tertiary alicyclic amines) is 1. The number of amides is 12. The van der Waals surface area contributed by atoms with E-state index < -0.39 is 175 Å². The first-order valence-corrected chi connectivity index (χ1v) is 36.6. The number of carbonyl (C=O) groups excluding carboxylic acids is 12. The normalized spacial score (nSPS) is 30.0. The van der Waals surface area contributed by atoms with Crippen molar-refractivity contribution in [2.24, 2.45) is 35.5 Å². The molecule has 3 N–H and O–H groups in total. The highest BCUT2D eigenvalue weighted by atomic mass is 35.5. The van der Waals surface area contributed by atoms with Crippen molar-refractivity contribution in [3.63, 3.8) is 0 Å². The highest BCUT2D eigenvalue weighted by Crippen LogP contribution is 2.44. The summed E-state index contributed by atoms with van der Waals surface area (Å²) < 4.78 is 41.9. The third kappa shape index (κ3) is 21.4. The van der Waals surface area contributed by atoms with Crippen LogP contribution in [0.1, 0.15) is 189 Å². The number of fused-ring (bicyclic) bond motifs is 1. The molecule has 0 bridgehead atoms. The van der Waals surface area contributed by atoms with E-state index in [1.54, 1.807) is 11.8 Å². The van der Waals surface area contributed by atoms with Crippen molar-refractivity contribution in [3.05, 3.63) is 0 Å². The number of hydrogen-bond donors (Lipinski definition) is 3. The van der Waals surface area contributed by atoms with Gasteiger partial charge in [-0.1, -0.05) is 85.5 Å². The Hall–Kier alpha value is -6.28. The number of rotatable bonds is 11. The standard InChI is InChI=1S/C70H114ClF3N12O12/c1-13-44(4)60-68(97)80(8)41-58(89)78(6)42-59(90)82(10)54(38-46-24-17-14-18-25-46)66(95)79(7)40-56(87)76-51(32-30-47-29-31-49(50(71)37-47)70(72,73)74)65(94)86-35-23-28-52(86)62(91)75-45(5)64(93)84(12)61(48-26-19-15-20-27-48)69(98)83(11)55(67(96)85-33-21-16-22-34-85)39-57(88)81(9)53(36-43(2)3)63(92)77-60/h43-55,60-61H,13-42H2,1-12H3,(H,75,91)(H,76,87)(H,77,92)/t44-,45-,47?,49?,50?,51-,52-,53-,54-,55-,60-,61-/m0/s1. The smallest absolute Gasteiger partial charge is 0.343 e. The number of halogens is 4. The van der Waals surface area contributed by atoms with Crippen molar-refractivity contribution in [1.82, 2.24) is 60.0 Å². The Labute approximate surface area is 583 Å². The largest absolute Gasteiger partial charge is 0.393 e. The topological polar surface area (TPSA) is 270 Å². The van der Waals surface area contributed by atoms with Crippen molar-refractivity contribution < 1.29 is 70.7 Å². The van der Waals surface area contributed by atoms with Gasteiger partial charge >= 0.3 is 6.18 Å². The van der Waals surface area contributed by atoms with E-state index in [0.717, 1.165) is 72.5 Å². The Bertz CT molecular complexity index is 2800. The molecular formula is C70H114ClF3N12O12. The highest BCUT2D eigenvalue weighted by molar-refractivity contribution is 6.20. The summed E-state index contributed by atoms with van der Waals surface area (Å²) in [6.07, 6.45) is 6.39. The second kappa shape index (κ2) is 36.9. The fraction of sp³-hybridized carbons (Fsp3) is 0.829. The van der Waals surface area contributed by atoms with E-state index in [9.17, 15) is 61.1 Å². The first-order valence-electron chi connectivity index (χ1n) is 36.2. The first-order chi connectivity index (χ1) is 46.2. The maximum atomic E-state index is 15.5. The molecule has 3 heterocycles. The molecule has 0 aromatic rings. The van der Waals surface area contributed by atoms with Crippen LogP contribution in [0.25, 0.3) is 0 Å². The Balaban J connectivity index is 1.39. The third-order valence-electron chi connectivity index (χ3n) is 22.0. The quantitative estimate of drug-likeness (QED) is 0.215. The molecule has 3 aliphatic heterocycles. The Morgan fingerprint density at radius 2 is 1.15 bits per heavy atom. The number of alkyl halides is 4. The molecule has 3 saturated heterocycles. The van der Waals surface area contributed by atoms with Crippen LogP contribution < -0.4 is 16.0 Å². The van der Waals surface area contributed by atoms with E-state index in [-0.39, 0.29) is 75.7 Å². The summed E-state index contributed by atoms with van der Waals surface area (Å²) in [7, 11) is 9.97. The van der Waals surface area contributed by atoms with Crippen LogP contribution in [-0.4, -0.2) is 263 Å². The van der Waals surface area contributed by atoms with Gasteiger partial charge in [-0.3, -0.25) is 57.5 Å². The van der Waals surface area contributed by atoms with Gasteiger partial charge in [0, 0.05) is 74.3 Å². The summed E-state index contributed by atoms with van der Waals surface area (Å²) in [5.74, 6) is -10.8. The third-order valence-corrected chi connectivity index (χ3v) is 22.5. The Kier molecular flexibility index (Phi) is 30.4. The molecule has 98 heavy (non-hydrogen) atoms.